The smallest absolute Gasteiger partial charge is 0.411 e. The number of ether oxygens (including phenoxy) is 5. The molecule has 4 aromatic heterocycles. The van der Waals surface area contributed by atoms with Gasteiger partial charge >= 0.3 is 35.7 Å². The first-order valence-corrected chi connectivity index (χ1v) is 31.1. The fourth-order valence-corrected chi connectivity index (χ4v) is 12.9. The lowest BCUT2D eigenvalue weighted by Gasteiger charge is -2.38. The molecule has 99 heavy (non-hydrogen) atoms. The van der Waals surface area contributed by atoms with Crippen molar-refractivity contribution >= 4 is 56.9 Å². The van der Waals surface area contributed by atoms with E-state index in [1.54, 1.807) is 12.1 Å². The lowest BCUT2D eigenvalue weighted by atomic mass is 9.93. The van der Waals surface area contributed by atoms with Crippen LogP contribution in [0.3, 0.4) is 0 Å². The molecule has 2 saturated heterocycles. The number of alkyl halides is 6. The van der Waals surface area contributed by atoms with E-state index in [1.807, 2.05) is 0 Å². The number of amides is 2. The zero-order valence-electron chi connectivity index (χ0n) is 53.6. The fourth-order valence-electron chi connectivity index (χ4n) is 12.9. The zero-order valence-corrected chi connectivity index (χ0v) is 53.6. The number of carbonyl (C=O) groups is 4. The molecule has 4 aliphatic heterocycles. The maximum Gasteiger partial charge on any atom is 0.411 e. The Hall–Kier alpha value is -10.5. The van der Waals surface area contributed by atoms with Gasteiger partial charge in [0.25, 0.3) is 22.9 Å². The van der Waals surface area contributed by atoms with E-state index >= 15 is 8.78 Å². The number of rotatable bonds is 14. The van der Waals surface area contributed by atoms with Gasteiger partial charge in [-0.15, -0.1) is 0 Å². The van der Waals surface area contributed by atoms with Crippen molar-refractivity contribution in [3.8, 4) is 22.9 Å². The van der Waals surface area contributed by atoms with E-state index < -0.39 is 119 Å². The van der Waals surface area contributed by atoms with Crippen LogP contribution in [-0.4, -0.2) is 153 Å². The van der Waals surface area contributed by atoms with Crippen molar-refractivity contribution in [2.75, 3.05) is 69.6 Å². The predicted octanol–water partition coefficient (Wildman–Crippen LogP) is 6.19. The van der Waals surface area contributed by atoms with Crippen LogP contribution in [0.1, 0.15) is 66.9 Å². The number of aryl methyl sites for hydroxylation is 4. The summed E-state index contributed by atoms with van der Waals surface area (Å²) in [7, 11) is 4.15. The first-order chi connectivity index (χ1) is 47.1. The Morgan fingerprint density at radius 3 is 1.42 bits per heavy atom. The van der Waals surface area contributed by atoms with Crippen LogP contribution in [0.2, 0.25) is 0 Å². The number of pyridine rings is 2. The number of anilines is 2. The molecule has 24 nitrogen and oxygen atoms in total. The molecule has 0 bridgehead atoms. The quantitative estimate of drug-likeness (QED) is 0.0808. The van der Waals surface area contributed by atoms with Crippen LogP contribution in [0.4, 0.5) is 46.5 Å². The van der Waals surface area contributed by atoms with Crippen molar-refractivity contribution in [1.82, 2.24) is 38.9 Å². The summed E-state index contributed by atoms with van der Waals surface area (Å²) in [4.78, 5) is 116. The van der Waals surface area contributed by atoms with E-state index in [1.165, 1.54) is 98.3 Å². The first-order valence-electron chi connectivity index (χ1n) is 31.1. The second-order valence-corrected chi connectivity index (χ2v) is 24.0. The molecule has 32 heteroatoms. The summed E-state index contributed by atoms with van der Waals surface area (Å²) in [5.74, 6) is -5.98. The van der Waals surface area contributed by atoms with Crippen molar-refractivity contribution < 1.29 is 83.1 Å². The number of carbonyl (C=O) groups excluding carboxylic acids is 3. The third-order valence-electron chi connectivity index (χ3n) is 17.9. The number of morpholine rings is 2. The van der Waals surface area contributed by atoms with Gasteiger partial charge in [-0.05, 0) is 121 Å². The number of methoxy groups -OCH3 is 1. The number of fused-ring (bicyclic) bond motifs is 4. The Morgan fingerprint density at radius 1 is 0.616 bits per heavy atom. The number of carboxylic acids is 1. The van der Waals surface area contributed by atoms with Crippen LogP contribution in [0.5, 0.6) is 11.5 Å². The molecule has 3 N–H and O–H groups in total. The van der Waals surface area contributed by atoms with Gasteiger partial charge < -0.3 is 49.2 Å². The average Bonchev–Trinajstić information content (AvgIpc) is 0.756. The van der Waals surface area contributed by atoms with E-state index in [4.69, 9.17) is 23.7 Å². The Morgan fingerprint density at radius 2 is 1.03 bits per heavy atom. The van der Waals surface area contributed by atoms with Gasteiger partial charge in [-0.25, -0.2) is 37.1 Å². The van der Waals surface area contributed by atoms with Gasteiger partial charge in [0.15, 0.2) is 0 Å². The van der Waals surface area contributed by atoms with Crippen LogP contribution >= 0.6 is 0 Å². The highest BCUT2D eigenvalue weighted by Crippen LogP contribution is 2.39. The molecule has 12 rings (SSSR count). The maximum absolute atomic E-state index is 15.5. The third-order valence-corrected chi connectivity index (χ3v) is 17.9. The molecule has 522 valence electrons. The third kappa shape index (κ3) is 13.8. The highest BCUT2D eigenvalue weighted by Gasteiger charge is 2.47. The zero-order chi connectivity index (χ0) is 71.1. The summed E-state index contributed by atoms with van der Waals surface area (Å²) in [6.07, 6.45) is -1.92. The maximum atomic E-state index is 15.5. The standard InChI is InChI=1S/C34H33F4N5O7.C33H31F4N5O7/c1-18-13-20(42-10-12-49-17-27(42)34(36,37)38)15-23(35)28(18)30(44)40-24(32(46)48-3)14-19-6-7-25(29-21(19)5-4-11-50-29)43-31(45)22-8-9-39-16-26(22)41(2)33(43)47;1-17-12-19(41-9-11-48-16-26(41)33(35,36)37)14-22(34)27(17)29(43)39-23(31(45)46)13-18-5-6-24(28-20(18)4-3-10-49-28)42-30(44)21-7-8-38-15-25(21)40(2)32(42)47/h6-9,13,15-16,24,27H,4-5,10-12,14,17H2,1-3H3,(H,40,44);5-8,12,14-15,23,26H,3-4,9-11,13,16H2,1-2H3,(H,39,43)(H,45,46)/t24-,27+;23-,26+/m00/s1. The molecular weight excluding hydrogens is 1320 g/mol. The normalized spacial score (nSPS) is 16.9. The number of hydrogen-bond acceptors (Lipinski definition) is 17. The van der Waals surface area contributed by atoms with Gasteiger partial charge in [0, 0.05) is 63.8 Å². The molecule has 4 atom stereocenters. The van der Waals surface area contributed by atoms with E-state index in [2.05, 4.69) is 20.6 Å². The van der Waals surface area contributed by atoms with E-state index in [-0.39, 0.29) is 102 Å². The van der Waals surface area contributed by atoms with Gasteiger partial charge in [-0.2, -0.15) is 26.3 Å². The van der Waals surface area contributed by atoms with E-state index in [0.717, 1.165) is 38.2 Å². The lowest BCUT2D eigenvalue weighted by Crippen LogP contribution is -2.53. The number of nitrogens with zero attached hydrogens (tertiary/aromatic N) is 8. The number of aliphatic carboxylic acids is 1. The topological polar surface area (TPSA) is 279 Å². The molecule has 8 aromatic rings. The van der Waals surface area contributed by atoms with Crippen molar-refractivity contribution in [2.24, 2.45) is 14.1 Å². The van der Waals surface area contributed by atoms with Crippen molar-refractivity contribution in [3.05, 3.63) is 183 Å². The van der Waals surface area contributed by atoms with E-state index in [0.29, 0.717) is 65.6 Å². The molecule has 8 heterocycles. The highest BCUT2D eigenvalue weighted by atomic mass is 19.4. The summed E-state index contributed by atoms with van der Waals surface area (Å²) in [5, 5.41) is 15.5. The number of esters is 1. The Bertz CT molecular complexity index is 4760. The SMILES string of the molecule is COC(=O)[C@H](Cc1ccc(-n2c(=O)c3ccncc3n(C)c2=O)c2c1CCCO2)NC(=O)c1c(C)cc(N2CCOC[C@@H]2C(F)(F)F)cc1F.Cc1cc(N2CCOC[C@@H]2C(F)(F)F)cc(F)c1C(=O)N[C@@H](Cc1ccc(-n2c(=O)c3ccncc3n(C)c2=O)c2c1CCCO2)C(=O)O. The van der Waals surface area contributed by atoms with Crippen molar-refractivity contribution in [2.45, 2.75) is 88.9 Å². The highest BCUT2D eigenvalue weighted by molar-refractivity contribution is 5.99. The summed E-state index contributed by atoms with van der Waals surface area (Å²) < 4.78 is 144. The van der Waals surface area contributed by atoms with Gasteiger partial charge in [0.05, 0.1) is 103 Å². The Balaban J connectivity index is 0.000000200. The van der Waals surface area contributed by atoms with Crippen LogP contribution in [-0.2, 0) is 63.6 Å². The Kier molecular flexibility index (Phi) is 19.9. The van der Waals surface area contributed by atoms with Crippen LogP contribution < -0.4 is 52.4 Å². The molecule has 0 aliphatic carbocycles. The van der Waals surface area contributed by atoms with Gasteiger partial charge in [-0.1, -0.05) is 12.1 Å². The molecule has 0 spiro atoms. The van der Waals surface area contributed by atoms with Gasteiger partial charge in [-0.3, -0.25) is 38.3 Å². The molecule has 2 amide bonds. The predicted molar refractivity (Wildman–Crippen MR) is 341 cm³/mol. The molecule has 4 aromatic carbocycles. The van der Waals surface area contributed by atoms with Crippen LogP contribution in [0.25, 0.3) is 33.2 Å². The number of benzene rings is 4. The minimum atomic E-state index is -4.64. The monoisotopic (exact) mass is 1380 g/mol. The molecule has 2 fully saturated rings. The summed E-state index contributed by atoms with van der Waals surface area (Å²) >= 11 is 0. The summed E-state index contributed by atoms with van der Waals surface area (Å²) in [5.41, 5.74) is -0.216. The Labute approximate surface area is 555 Å². The minimum Gasteiger partial charge on any atom is -0.491 e. The number of nitrogens with one attached hydrogen (secondary N) is 2. The molecule has 0 saturated carbocycles. The molecule has 0 unspecified atom stereocenters. The fraction of sp³-hybridized carbons (Fsp3) is 0.373. The second kappa shape index (κ2) is 28.2. The number of halogens is 8. The van der Waals surface area contributed by atoms with Crippen molar-refractivity contribution in [1.29, 1.82) is 0 Å². The number of carboxylic acid groups (broad SMARTS) is 1. The molecule has 4 aliphatic rings. The lowest BCUT2D eigenvalue weighted by molar-refractivity contribution is -0.167. The minimum absolute atomic E-state index is 0.00113. The second-order valence-electron chi connectivity index (χ2n) is 24.0. The number of aromatic nitrogens is 6. The van der Waals surface area contributed by atoms with Crippen molar-refractivity contribution in [3.63, 3.8) is 0 Å². The van der Waals surface area contributed by atoms with Gasteiger partial charge in [0.1, 0.15) is 47.3 Å². The van der Waals surface area contributed by atoms with Crippen LogP contribution in [0, 0.1) is 25.5 Å². The van der Waals surface area contributed by atoms with Gasteiger partial charge in [0.2, 0.25) is 0 Å². The van der Waals surface area contributed by atoms with Crippen LogP contribution in [0.15, 0.2) is 105 Å². The summed E-state index contributed by atoms with van der Waals surface area (Å²) in [6.45, 7) is 1.80. The summed E-state index contributed by atoms with van der Waals surface area (Å²) in [6, 6.07) is 6.53. The molecule has 0 radical (unpaired) electrons. The first kappa shape index (κ1) is 69.8. The average molecular weight is 1390 g/mol. The molecular formula is C67H64F8N10O14. The number of hydrogen-bond donors (Lipinski definition) is 3. The largest absolute Gasteiger partial charge is 0.491 e. The van der Waals surface area contributed by atoms with E-state index in [9.17, 15) is 69.8 Å².